The summed E-state index contributed by atoms with van der Waals surface area (Å²) in [6.45, 7) is 2.12. The fourth-order valence-electron chi connectivity index (χ4n) is 0.889. The molecule has 78 valence electrons. The van der Waals surface area contributed by atoms with Gasteiger partial charge in [0.05, 0.1) is 0 Å². The zero-order valence-electron chi connectivity index (χ0n) is 7.31. The maximum atomic E-state index is 3.68. The van der Waals surface area contributed by atoms with Gasteiger partial charge in [0.1, 0.15) is 0 Å². The molecule has 14 heavy (non-hydrogen) atoms. The second-order valence-corrected chi connectivity index (χ2v) is 44.5. The van der Waals surface area contributed by atoms with Gasteiger partial charge >= 0.3 is 117 Å². The van der Waals surface area contributed by atoms with Gasteiger partial charge in [0.25, 0.3) is 0 Å². The van der Waals surface area contributed by atoms with Crippen molar-refractivity contribution >= 4 is 70.2 Å². The molecule has 1 rings (SSSR count). The molecule has 0 aliphatic heterocycles. The second-order valence-electron chi connectivity index (χ2n) is 2.64. The van der Waals surface area contributed by atoms with Gasteiger partial charge in [-0.05, 0) is 0 Å². The van der Waals surface area contributed by atoms with Crippen molar-refractivity contribution in [2.45, 2.75) is 6.92 Å². The van der Waals surface area contributed by atoms with Gasteiger partial charge in [0.2, 0.25) is 0 Å². The van der Waals surface area contributed by atoms with Crippen LogP contribution in [0.1, 0.15) is 12.5 Å². The van der Waals surface area contributed by atoms with E-state index >= 15 is 0 Å². The second kappa shape index (κ2) is 5.84. The van der Waals surface area contributed by atoms with Gasteiger partial charge in [0.15, 0.2) is 0 Å². The van der Waals surface area contributed by atoms with E-state index in [2.05, 4.69) is 73.3 Å². The van der Waals surface area contributed by atoms with Crippen LogP contribution in [0.25, 0.3) is 4.48 Å². The standard InChI is InChI=1S/C9H8Br4Te/c1-7(14(11,12)13)9(10)8-5-3-2-4-6-8/h2-6H,1H3/b9-7-. The van der Waals surface area contributed by atoms with Crippen molar-refractivity contribution in [3.05, 3.63) is 39.5 Å². The molecule has 0 N–H and O–H groups in total. The molecule has 0 amide bonds. The van der Waals surface area contributed by atoms with Crippen molar-refractivity contribution in [2.75, 3.05) is 0 Å². The van der Waals surface area contributed by atoms with E-state index in [0.29, 0.717) is 0 Å². The van der Waals surface area contributed by atoms with Crippen LogP contribution in [0.15, 0.2) is 34.0 Å². The number of rotatable bonds is 2. The Labute approximate surface area is 115 Å². The third kappa shape index (κ3) is 3.92. The van der Waals surface area contributed by atoms with Gasteiger partial charge < -0.3 is 0 Å². The molecular weight excluding hydrogens is 555 g/mol. The molecule has 0 aliphatic carbocycles. The molecule has 0 fully saturated rings. The fourth-order valence-corrected chi connectivity index (χ4v) is 11.3. The third-order valence-electron chi connectivity index (χ3n) is 1.68. The Bertz CT molecular complexity index is 340. The molecule has 1 aromatic carbocycles. The Hall–Kier alpha value is 1.67. The van der Waals surface area contributed by atoms with E-state index in [4.69, 9.17) is 0 Å². The Morgan fingerprint density at radius 1 is 1.07 bits per heavy atom. The molecule has 0 saturated heterocycles. The third-order valence-corrected chi connectivity index (χ3v) is 15.9. The Kier molecular flexibility index (Phi) is 5.73. The van der Waals surface area contributed by atoms with Crippen LogP contribution in [0.3, 0.4) is 0 Å². The minimum absolute atomic E-state index is 1.16. The average molecular weight is 563 g/mol. The molecule has 0 unspecified atom stereocenters. The van der Waals surface area contributed by atoms with E-state index in [1.807, 2.05) is 18.2 Å². The number of hydrogen-bond acceptors (Lipinski definition) is 0. The Balaban J connectivity index is 3.12. The van der Waals surface area contributed by atoms with Crippen LogP contribution in [0, 0.1) is 0 Å². The van der Waals surface area contributed by atoms with E-state index < -0.39 is 11.6 Å². The van der Waals surface area contributed by atoms with Crippen LogP contribution in [-0.4, -0.2) is 11.6 Å². The fraction of sp³-hybridized carbons (Fsp3) is 0.111. The molecule has 0 saturated carbocycles. The van der Waals surface area contributed by atoms with E-state index in [1.54, 1.807) is 0 Å². The van der Waals surface area contributed by atoms with Crippen LogP contribution in [0.4, 0.5) is 0 Å². The average Bonchev–Trinajstić information content (AvgIpc) is 2.15. The summed E-state index contributed by atoms with van der Waals surface area (Å²) in [5.74, 6) is 0. The zero-order valence-corrected chi connectivity index (χ0v) is 16.0. The first kappa shape index (κ1) is 13.7. The summed E-state index contributed by atoms with van der Waals surface area (Å²) in [5, 5.41) is 0. The molecule has 1 aromatic rings. The van der Waals surface area contributed by atoms with Crippen molar-refractivity contribution in [1.82, 2.24) is 0 Å². The van der Waals surface area contributed by atoms with Crippen molar-refractivity contribution in [3.8, 4) is 0 Å². The van der Waals surface area contributed by atoms with Gasteiger partial charge in [-0.1, -0.05) is 0 Å². The van der Waals surface area contributed by atoms with Crippen molar-refractivity contribution in [3.63, 3.8) is 0 Å². The monoisotopic (exact) mass is 562 g/mol. The molecule has 0 radical (unpaired) electrons. The molecule has 0 aliphatic rings. The van der Waals surface area contributed by atoms with Crippen molar-refractivity contribution in [1.29, 1.82) is 0 Å². The molecule has 0 atom stereocenters. The number of halogens is 4. The molecule has 0 aromatic heterocycles. The van der Waals surface area contributed by atoms with Gasteiger partial charge in [-0.3, -0.25) is 0 Å². The van der Waals surface area contributed by atoms with Crippen LogP contribution < -0.4 is 0 Å². The zero-order chi connectivity index (χ0) is 10.8. The van der Waals surface area contributed by atoms with E-state index in [9.17, 15) is 0 Å². The summed E-state index contributed by atoms with van der Waals surface area (Å²) in [7, 11) is 0. The number of allylic oxidation sites excluding steroid dienone is 1. The SMILES string of the molecule is C/C(=C(/Br)c1ccccc1)[Te](Br)(Br)Br. The van der Waals surface area contributed by atoms with Crippen molar-refractivity contribution in [2.24, 2.45) is 0 Å². The summed E-state index contributed by atoms with van der Waals surface area (Å²) in [5.41, 5.74) is 1.21. The first-order chi connectivity index (χ1) is 6.43. The first-order valence-electron chi connectivity index (χ1n) is 3.77. The summed E-state index contributed by atoms with van der Waals surface area (Å²) >= 11 is 12.4. The maximum absolute atomic E-state index is 3.68. The van der Waals surface area contributed by atoms with Crippen LogP contribution in [0.5, 0.6) is 0 Å². The number of benzene rings is 1. The molecule has 0 nitrogen and oxygen atoms in total. The van der Waals surface area contributed by atoms with E-state index in [-0.39, 0.29) is 0 Å². The minimum atomic E-state index is -2.25. The van der Waals surface area contributed by atoms with E-state index in [1.165, 1.54) is 9.18 Å². The predicted molar refractivity (Wildman–Crippen MR) is 80.5 cm³/mol. The van der Waals surface area contributed by atoms with Crippen LogP contribution in [0.2, 0.25) is 0 Å². The Morgan fingerprint density at radius 3 is 2.00 bits per heavy atom. The Morgan fingerprint density at radius 2 is 1.57 bits per heavy atom. The first-order valence-corrected chi connectivity index (χ1v) is 21.4. The quantitative estimate of drug-likeness (QED) is 0.419. The molecule has 5 heteroatoms. The van der Waals surface area contributed by atoms with Crippen molar-refractivity contribution < 1.29 is 0 Å². The molecule has 0 bridgehead atoms. The molecule has 0 heterocycles. The predicted octanol–water partition coefficient (Wildman–Crippen LogP) is 5.48. The molecular formula is C9H8Br4Te. The number of hydrogen-bond donors (Lipinski definition) is 0. The normalized spacial score (nSPS) is 14.9. The van der Waals surface area contributed by atoms with Gasteiger partial charge in [-0.15, -0.1) is 0 Å². The van der Waals surface area contributed by atoms with Gasteiger partial charge in [-0.25, -0.2) is 0 Å². The van der Waals surface area contributed by atoms with Crippen LogP contribution in [-0.2, 0) is 0 Å². The molecule has 0 spiro atoms. The topological polar surface area (TPSA) is 0 Å². The van der Waals surface area contributed by atoms with Crippen LogP contribution >= 0.6 is 54.2 Å². The summed E-state index contributed by atoms with van der Waals surface area (Å²) in [6, 6.07) is 10.3. The van der Waals surface area contributed by atoms with Gasteiger partial charge in [-0.2, -0.15) is 0 Å². The summed E-state index contributed by atoms with van der Waals surface area (Å²) in [6.07, 6.45) is 0. The summed E-state index contributed by atoms with van der Waals surface area (Å²) in [4.78, 5) is 0. The summed E-state index contributed by atoms with van der Waals surface area (Å²) < 4.78 is 2.48. The van der Waals surface area contributed by atoms with Gasteiger partial charge in [0, 0.05) is 0 Å². The van der Waals surface area contributed by atoms with E-state index in [0.717, 1.165) is 4.48 Å².